The number of primary amides is 1. The van der Waals surface area contributed by atoms with Gasteiger partial charge in [0.15, 0.2) is 11.6 Å². The van der Waals surface area contributed by atoms with E-state index in [2.05, 4.69) is 10.3 Å². The minimum atomic E-state index is -0.863. The first-order chi connectivity index (χ1) is 6.50. The van der Waals surface area contributed by atoms with Crippen molar-refractivity contribution in [3.8, 4) is 0 Å². The first-order valence-corrected chi connectivity index (χ1v) is 3.87. The highest BCUT2D eigenvalue weighted by atomic mass is 19.1. The highest BCUT2D eigenvalue weighted by Crippen LogP contribution is 2.11. The van der Waals surface area contributed by atoms with E-state index >= 15 is 0 Å². The third kappa shape index (κ3) is 2.38. The van der Waals surface area contributed by atoms with Gasteiger partial charge in [-0.25, -0.2) is 13.8 Å². The van der Waals surface area contributed by atoms with E-state index in [4.69, 9.17) is 5.73 Å². The van der Waals surface area contributed by atoms with Crippen LogP contribution in [0.25, 0.3) is 0 Å². The van der Waals surface area contributed by atoms with E-state index in [1.807, 2.05) is 0 Å². The van der Waals surface area contributed by atoms with Crippen LogP contribution in [0, 0.1) is 11.6 Å². The molecule has 1 aromatic rings. The van der Waals surface area contributed by atoms with Crippen molar-refractivity contribution in [1.29, 1.82) is 0 Å². The summed E-state index contributed by atoms with van der Waals surface area (Å²) in [5.41, 5.74) is 4.94. The third-order valence-corrected chi connectivity index (χ3v) is 1.59. The van der Waals surface area contributed by atoms with E-state index in [-0.39, 0.29) is 5.82 Å². The summed E-state index contributed by atoms with van der Waals surface area (Å²) < 4.78 is 25.4. The van der Waals surface area contributed by atoms with Gasteiger partial charge in [-0.15, -0.1) is 0 Å². The molecule has 76 valence electrons. The fourth-order valence-electron chi connectivity index (χ4n) is 0.797. The van der Waals surface area contributed by atoms with Crippen molar-refractivity contribution in [2.45, 2.75) is 13.0 Å². The lowest BCUT2D eigenvalue weighted by atomic mass is 10.3. The molecule has 0 aliphatic carbocycles. The molecule has 6 heteroatoms. The number of hydrogen-bond acceptors (Lipinski definition) is 3. The van der Waals surface area contributed by atoms with Crippen molar-refractivity contribution in [2.24, 2.45) is 5.73 Å². The minimum absolute atomic E-state index is 0.197. The fourth-order valence-corrected chi connectivity index (χ4v) is 0.797. The number of anilines is 1. The molecule has 4 nitrogen and oxygen atoms in total. The van der Waals surface area contributed by atoms with Gasteiger partial charge in [0, 0.05) is 6.07 Å². The zero-order valence-electron chi connectivity index (χ0n) is 7.42. The summed E-state index contributed by atoms with van der Waals surface area (Å²) >= 11 is 0. The number of halogens is 2. The van der Waals surface area contributed by atoms with Gasteiger partial charge in [-0.1, -0.05) is 0 Å². The van der Waals surface area contributed by atoms with Crippen LogP contribution in [-0.4, -0.2) is 16.9 Å². The van der Waals surface area contributed by atoms with Crippen LogP contribution in [0.3, 0.4) is 0 Å². The first-order valence-electron chi connectivity index (χ1n) is 3.87. The van der Waals surface area contributed by atoms with Gasteiger partial charge in [-0.2, -0.15) is 0 Å². The SMILES string of the molecule is CC(Nc1ncc(F)cc1F)C(N)=O. The first kappa shape index (κ1) is 10.4. The van der Waals surface area contributed by atoms with Gasteiger partial charge in [0.25, 0.3) is 0 Å². The van der Waals surface area contributed by atoms with Gasteiger partial charge in [0.2, 0.25) is 5.91 Å². The van der Waals surface area contributed by atoms with Gasteiger partial charge in [-0.05, 0) is 6.92 Å². The molecule has 3 N–H and O–H groups in total. The summed E-state index contributed by atoms with van der Waals surface area (Å²) in [7, 11) is 0. The quantitative estimate of drug-likeness (QED) is 0.754. The van der Waals surface area contributed by atoms with Crippen LogP contribution in [0.1, 0.15) is 6.92 Å². The molecule has 14 heavy (non-hydrogen) atoms. The Morgan fingerprint density at radius 2 is 2.29 bits per heavy atom. The second kappa shape index (κ2) is 3.99. The predicted molar refractivity (Wildman–Crippen MR) is 46.4 cm³/mol. The average Bonchev–Trinajstić information content (AvgIpc) is 2.09. The molecule has 0 aliphatic heterocycles. The van der Waals surface area contributed by atoms with Gasteiger partial charge in [0.1, 0.15) is 11.9 Å². The maximum absolute atomic E-state index is 13.0. The summed E-state index contributed by atoms with van der Waals surface area (Å²) in [6.07, 6.45) is 0.846. The van der Waals surface area contributed by atoms with Gasteiger partial charge < -0.3 is 11.1 Å². The topological polar surface area (TPSA) is 68.0 Å². The molecule has 0 fully saturated rings. The van der Waals surface area contributed by atoms with Crippen molar-refractivity contribution < 1.29 is 13.6 Å². The lowest BCUT2D eigenvalue weighted by Crippen LogP contribution is -2.33. The van der Waals surface area contributed by atoms with Gasteiger partial charge in [-0.3, -0.25) is 4.79 Å². The number of aromatic nitrogens is 1. The van der Waals surface area contributed by atoms with Crippen LogP contribution in [-0.2, 0) is 4.79 Å². The predicted octanol–water partition coefficient (Wildman–Crippen LogP) is 0.645. The number of nitrogens with two attached hydrogens (primary N) is 1. The van der Waals surface area contributed by atoms with Crippen molar-refractivity contribution in [2.75, 3.05) is 5.32 Å². The summed E-state index contributed by atoms with van der Waals surface area (Å²) in [4.78, 5) is 14.0. The Morgan fingerprint density at radius 3 is 2.79 bits per heavy atom. The number of carbonyl (C=O) groups excluding carboxylic acids is 1. The molecule has 0 saturated heterocycles. The molecule has 0 bridgehead atoms. The van der Waals surface area contributed by atoms with Crippen LogP contribution in [0.2, 0.25) is 0 Å². The molecule has 1 atom stereocenters. The van der Waals surface area contributed by atoms with E-state index in [0.29, 0.717) is 6.07 Å². The molecule has 0 aliphatic rings. The smallest absolute Gasteiger partial charge is 0.239 e. The number of rotatable bonds is 3. The van der Waals surface area contributed by atoms with E-state index in [1.54, 1.807) is 0 Å². The second-order valence-corrected chi connectivity index (χ2v) is 2.75. The number of nitrogens with zero attached hydrogens (tertiary/aromatic N) is 1. The van der Waals surface area contributed by atoms with E-state index < -0.39 is 23.6 Å². The molecule has 1 amide bonds. The maximum Gasteiger partial charge on any atom is 0.239 e. The van der Waals surface area contributed by atoms with Gasteiger partial charge in [0.05, 0.1) is 6.20 Å². The second-order valence-electron chi connectivity index (χ2n) is 2.75. The van der Waals surface area contributed by atoms with Crippen molar-refractivity contribution in [3.63, 3.8) is 0 Å². The monoisotopic (exact) mass is 201 g/mol. The molecule has 0 radical (unpaired) electrons. The Balaban J connectivity index is 2.82. The molecule has 1 heterocycles. The Kier molecular flexibility index (Phi) is 2.95. The number of nitrogens with one attached hydrogen (secondary N) is 1. The van der Waals surface area contributed by atoms with Crippen molar-refractivity contribution in [1.82, 2.24) is 4.98 Å². The minimum Gasteiger partial charge on any atom is -0.368 e. The zero-order chi connectivity index (χ0) is 10.7. The number of carbonyl (C=O) groups is 1. The van der Waals surface area contributed by atoms with Crippen LogP contribution < -0.4 is 11.1 Å². The maximum atomic E-state index is 13.0. The molecule has 1 aromatic heterocycles. The molecular formula is C8H9F2N3O. The summed E-state index contributed by atoms with van der Waals surface area (Å²) in [6.45, 7) is 1.45. The van der Waals surface area contributed by atoms with Crippen LogP contribution in [0.5, 0.6) is 0 Å². The standard InChI is InChI=1S/C8H9F2N3O/c1-4(7(11)14)13-8-6(10)2-5(9)3-12-8/h2-4H,1H3,(H2,11,14)(H,12,13). The van der Waals surface area contributed by atoms with E-state index in [1.165, 1.54) is 6.92 Å². The molecule has 1 unspecified atom stereocenters. The van der Waals surface area contributed by atoms with Crippen molar-refractivity contribution >= 4 is 11.7 Å². The normalized spacial score (nSPS) is 12.2. The Bertz CT molecular complexity index is 356. The summed E-state index contributed by atoms with van der Waals surface area (Å²) in [5, 5.41) is 2.41. The average molecular weight is 201 g/mol. The summed E-state index contributed by atoms with van der Waals surface area (Å²) in [5.74, 6) is -2.48. The highest BCUT2D eigenvalue weighted by Gasteiger charge is 2.12. The molecule has 1 rings (SSSR count). The lowest BCUT2D eigenvalue weighted by Gasteiger charge is -2.10. The molecular weight excluding hydrogens is 192 g/mol. The van der Waals surface area contributed by atoms with Gasteiger partial charge >= 0.3 is 0 Å². The number of amides is 1. The van der Waals surface area contributed by atoms with Crippen LogP contribution >= 0.6 is 0 Å². The molecule has 0 aromatic carbocycles. The fraction of sp³-hybridized carbons (Fsp3) is 0.250. The third-order valence-electron chi connectivity index (χ3n) is 1.59. The van der Waals surface area contributed by atoms with E-state index in [0.717, 1.165) is 6.20 Å². The highest BCUT2D eigenvalue weighted by molar-refractivity contribution is 5.82. The Hall–Kier alpha value is -1.72. The Morgan fingerprint density at radius 1 is 1.64 bits per heavy atom. The Labute approximate surface area is 79.1 Å². The van der Waals surface area contributed by atoms with Crippen LogP contribution in [0.15, 0.2) is 12.3 Å². The molecule has 0 saturated carbocycles. The van der Waals surface area contributed by atoms with Crippen LogP contribution in [0.4, 0.5) is 14.6 Å². The number of pyridine rings is 1. The largest absolute Gasteiger partial charge is 0.368 e. The number of hydrogen-bond donors (Lipinski definition) is 2. The van der Waals surface area contributed by atoms with E-state index in [9.17, 15) is 13.6 Å². The lowest BCUT2D eigenvalue weighted by molar-refractivity contribution is -0.118. The van der Waals surface area contributed by atoms with Crippen molar-refractivity contribution in [3.05, 3.63) is 23.9 Å². The zero-order valence-corrected chi connectivity index (χ0v) is 7.42. The molecule has 0 spiro atoms. The summed E-state index contributed by atoms with van der Waals surface area (Å²) in [6, 6.07) is -0.0919.